The van der Waals surface area contributed by atoms with E-state index in [0.717, 1.165) is 18.6 Å². The van der Waals surface area contributed by atoms with Crippen molar-refractivity contribution in [3.63, 3.8) is 0 Å². The van der Waals surface area contributed by atoms with Crippen molar-refractivity contribution in [2.75, 3.05) is 0 Å². The zero-order chi connectivity index (χ0) is 8.84. The Labute approximate surface area is 75.6 Å². The SMILES string of the molecule is Cc1c2c(nc3ncnn13)CCC2. The highest BCUT2D eigenvalue weighted by atomic mass is 15.3. The van der Waals surface area contributed by atoms with Crippen LogP contribution in [0.5, 0.6) is 0 Å². The van der Waals surface area contributed by atoms with E-state index in [1.54, 1.807) is 6.33 Å². The summed E-state index contributed by atoms with van der Waals surface area (Å²) in [5.74, 6) is 0.734. The van der Waals surface area contributed by atoms with Gasteiger partial charge in [0, 0.05) is 11.4 Å². The molecule has 2 aromatic heterocycles. The third-order valence-electron chi connectivity index (χ3n) is 2.71. The summed E-state index contributed by atoms with van der Waals surface area (Å²) < 4.78 is 1.82. The molecule has 2 heterocycles. The Morgan fingerprint density at radius 1 is 1.38 bits per heavy atom. The molecule has 0 bridgehead atoms. The van der Waals surface area contributed by atoms with Gasteiger partial charge in [-0.3, -0.25) is 0 Å². The highest BCUT2D eigenvalue weighted by Gasteiger charge is 2.17. The smallest absolute Gasteiger partial charge is 0.216 e. The van der Waals surface area contributed by atoms with E-state index in [1.807, 2.05) is 4.52 Å². The summed E-state index contributed by atoms with van der Waals surface area (Å²) >= 11 is 0. The average molecular weight is 174 g/mol. The van der Waals surface area contributed by atoms with E-state index in [4.69, 9.17) is 0 Å². The van der Waals surface area contributed by atoms with Gasteiger partial charge in [-0.15, -0.1) is 0 Å². The number of hydrogen-bond donors (Lipinski definition) is 0. The second kappa shape index (κ2) is 2.28. The number of aromatic nitrogens is 4. The van der Waals surface area contributed by atoms with E-state index in [0.29, 0.717) is 0 Å². The molecule has 0 N–H and O–H groups in total. The minimum absolute atomic E-state index is 0.734. The Morgan fingerprint density at radius 2 is 2.31 bits per heavy atom. The van der Waals surface area contributed by atoms with E-state index in [2.05, 4.69) is 22.0 Å². The molecule has 0 fully saturated rings. The van der Waals surface area contributed by atoms with Gasteiger partial charge in [0.2, 0.25) is 0 Å². The molecular formula is C9H10N4. The third-order valence-corrected chi connectivity index (χ3v) is 2.71. The van der Waals surface area contributed by atoms with Gasteiger partial charge in [-0.05, 0) is 31.7 Å². The predicted molar refractivity (Wildman–Crippen MR) is 47.5 cm³/mol. The van der Waals surface area contributed by atoms with Gasteiger partial charge < -0.3 is 0 Å². The number of fused-ring (bicyclic) bond motifs is 2. The minimum Gasteiger partial charge on any atom is -0.216 e. The molecule has 0 atom stereocenters. The molecule has 13 heavy (non-hydrogen) atoms. The van der Waals surface area contributed by atoms with Gasteiger partial charge in [-0.25, -0.2) is 9.50 Å². The first-order valence-electron chi connectivity index (χ1n) is 4.54. The van der Waals surface area contributed by atoms with Gasteiger partial charge >= 0.3 is 0 Å². The van der Waals surface area contributed by atoms with Gasteiger partial charge in [-0.2, -0.15) is 10.1 Å². The molecule has 0 aliphatic heterocycles. The second-order valence-electron chi connectivity index (χ2n) is 3.45. The molecule has 66 valence electrons. The lowest BCUT2D eigenvalue weighted by Crippen LogP contribution is -2.02. The zero-order valence-electron chi connectivity index (χ0n) is 7.49. The first-order chi connectivity index (χ1) is 6.36. The van der Waals surface area contributed by atoms with Crippen molar-refractivity contribution in [1.82, 2.24) is 19.6 Å². The fourth-order valence-electron chi connectivity index (χ4n) is 2.04. The topological polar surface area (TPSA) is 43.1 Å². The Hall–Kier alpha value is -1.45. The molecule has 0 unspecified atom stereocenters. The minimum atomic E-state index is 0.734. The summed E-state index contributed by atoms with van der Waals surface area (Å²) in [5.41, 5.74) is 3.80. The zero-order valence-corrected chi connectivity index (χ0v) is 7.49. The number of hydrogen-bond acceptors (Lipinski definition) is 3. The van der Waals surface area contributed by atoms with Gasteiger partial charge in [-0.1, -0.05) is 0 Å². The van der Waals surface area contributed by atoms with Crippen molar-refractivity contribution in [3.05, 3.63) is 23.3 Å². The molecule has 0 radical (unpaired) electrons. The molecule has 0 amide bonds. The lowest BCUT2D eigenvalue weighted by Gasteiger charge is -2.03. The summed E-state index contributed by atoms with van der Waals surface area (Å²) in [7, 11) is 0. The maximum Gasteiger partial charge on any atom is 0.252 e. The van der Waals surface area contributed by atoms with Gasteiger partial charge in [0.05, 0.1) is 0 Å². The maximum atomic E-state index is 4.47. The Kier molecular flexibility index (Phi) is 1.23. The molecule has 0 aromatic carbocycles. The van der Waals surface area contributed by atoms with Crippen LogP contribution in [0.15, 0.2) is 6.33 Å². The van der Waals surface area contributed by atoms with Gasteiger partial charge in [0.25, 0.3) is 5.78 Å². The van der Waals surface area contributed by atoms with E-state index < -0.39 is 0 Å². The molecule has 4 heteroatoms. The lowest BCUT2D eigenvalue weighted by molar-refractivity contribution is 0.866. The van der Waals surface area contributed by atoms with Crippen LogP contribution in [-0.2, 0) is 12.8 Å². The van der Waals surface area contributed by atoms with E-state index in [1.165, 1.54) is 23.4 Å². The van der Waals surface area contributed by atoms with Crippen LogP contribution in [0.1, 0.15) is 23.4 Å². The summed E-state index contributed by atoms with van der Waals surface area (Å²) in [6, 6.07) is 0. The molecule has 0 saturated heterocycles. The third kappa shape index (κ3) is 0.826. The van der Waals surface area contributed by atoms with E-state index in [-0.39, 0.29) is 0 Å². The number of nitrogens with zero attached hydrogens (tertiary/aromatic N) is 4. The highest BCUT2D eigenvalue weighted by molar-refractivity contribution is 5.38. The number of rotatable bonds is 0. The Bertz CT molecular complexity index is 472. The van der Waals surface area contributed by atoms with Crippen LogP contribution in [-0.4, -0.2) is 19.6 Å². The van der Waals surface area contributed by atoms with Crippen LogP contribution in [0.2, 0.25) is 0 Å². The summed E-state index contributed by atoms with van der Waals surface area (Å²) in [6.07, 6.45) is 5.02. The van der Waals surface area contributed by atoms with Crippen molar-refractivity contribution in [3.8, 4) is 0 Å². The highest BCUT2D eigenvalue weighted by Crippen LogP contribution is 2.23. The van der Waals surface area contributed by atoms with Crippen molar-refractivity contribution >= 4 is 5.78 Å². The standard InChI is InChI=1S/C9H10N4/c1-6-7-3-2-4-8(7)12-9-10-5-11-13(6)9/h5H,2-4H2,1H3. The van der Waals surface area contributed by atoms with Crippen LogP contribution in [0, 0.1) is 6.92 Å². The van der Waals surface area contributed by atoms with E-state index in [9.17, 15) is 0 Å². The van der Waals surface area contributed by atoms with Crippen LogP contribution in [0.25, 0.3) is 5.78 Å². The molecule has 1 aliphatic carbocycles. The van der Waals surface area contributed by atoms with Crippen LogP contribution < -0.4 is 0 Å². The Morgan fingerprint density at radius 3 is 3.23 bits per heavy atom. The first kappa shape index (κ1) is 7.00. The van der Waals surface area contributed by atoms with Crippen molar-refractivity contribution in [1.29, 1.82) is 0 Å². The van der Waals surface area contributed by atoms with Crippen LogP contribution in [0.4, 0.5) is 0 Å². The maximum absolute atomic E-state index is 4.47. The van der Waals surface area contributed by atoms with Crippen LogP contribution >= 0.6 is 0 Å². The van der Waals surface area contributed by atoms with Crippen molar-refractivity contribution in [2.45, 2.75) is 26.2 Å². The summed E-state index contributed by atoms with van der Waals surface area (Å²) in [6.45, 7) is 2.09. The summed E-state index contributed by atoms with van der Waals surface area (Å²) in [5, 5.41) is 4.14. The predicted octanol–water partition coefficient (Wildman–Crippen LogP) is 0.921. The van der Waals surface area contributed by atoms with E-state index >= 15 is 0 Å². The lowest BCUT2D eigenvalue weighted by atomic mass is 10.2. The molecule has 0 saturated carbocycles. The number of aryl methyl sites for hydroxylation is 2. The first-order valence-corrected chi connectivity index (χ1v) is 4.54. The monoisotopic (exact) mass is 174 g/mol. The van der Waals surface area contributed by atoms with Crippen LogP contribution in [0.3, 0.4) is 0 Å². The molecule has 4 nitrogen and oxygen atoms in total. The molecule has 2 aromatic rings. The normalized spacial score (nSPS) is 15.2. The Balaban J connectivity index is 2.45. The largest absolute Gasteiger partial charge is 0.252 e. The fraction of sp³-hybridized carbons (Fsp3) is 0.444. The van der Waals surface area contributed by atoms with Gasteiger partial charge in [0.15, 0.2) is 0 Å². The molecule has 1 aliphatic rings. The molecule has 0 spiro atoms. The average Bonchev–Trinajstić information content (AvgIpc) is 2.71. The quantitative estimate of drug-likeness (QED) is 0.596. The summed E-state index contributed by atoms with van der Waals surface area (Å²) in [4.78, 5) is 8.56. The van der Waals surface area contributed by atoms with Crippen molar-refractivity contribution < 1.29 is 0 Å². The van der Waals surface area contributed by atoms with Gasteiger partial charge in [0.1, 0.15) is 6.33 Å². The molecular weight excluding hydrogens is 164 g/mol. The molecule has 3 rings (SSSR count). The fourth-order valence-corrected chi connectivity index (χ4v) is 2.04. The second-order valence-corrected chi connectivity index (χ2v) is 3.45. The van der Waals surface area contributed by atoms with Crippen molar-refractivity contribution in [2.24, 2.45) is 0 Å².